The zero-order valence-electron chi connectivity index (χ0n) is 12.7. The monoisotopic (exact) mass is 342 g/mol. The van der Waals surface area contributed by atoms with Crippen molar-refractivity contribution >= 4 is 35.0 Å². The van der Waals surface area contributed by atoms with Crippen molar-refractivity contribution in [2.45, 2.75) is 20.3 Å². The van der Waals surface area contributed by atoms with Crippen LogP contribution in [0.15, 0.2) is 30.9 Å². The summed E-state index contributed by atoms with van der Waals surface area (Å²) < 4.78 is 0. The zero-order valence-corrected chi connectivity index (χ0v) is 14.2. The van der Waals surface area contributed by atoms with Crippen LogP contribution in [-0.4, -0.2) is 24.9 Å². The van der Waals surface area contributed by atoms with Crippen LogP contribution in [0.1, 0.15) is 19.4 Å². The molecule has 0 spiro atoms. The maximum Gasteiger partial charge on any atom is 0.235 e. The predicted molar refractivity (Wildman–Crippen MR) is 90.2 cm³/mol. The Labute approximate surface area is 140 Å². The highest BCUT2D eigenvalue weighted by molar-refractivity contribution is 6.35. The first-order valence-electron chi connectivity index (χ1n) is 6.90. The molecule has 120 valence electrons. The molecule has 1 aromatic rings. The Bertz CT molecular complexity index is 571. The van der Waals surface area contributed by atoms with Gasteiger partial charge in [0.2, 0.25) is 11.8 Å². The topological polar surface area (TPSA) is 58.2 Å². The second-order valence-electron chi connectivity index (χ2n) is 5.37. The van der Waals surface area contributed by atoms with Crippen molar-refractivity contribution in [3.8, 4) is 0 Å². The van der Waals surface area contributed by atoms with E-state index >= 15 is 0 Å². The molecule has 1 aromatic carbocycles. The van der Waals surface area contributed by atoms with Crippen LogP contribution in [0.3, 0.4) is 0 Å². The van der Waals surface area contributed by atoms with Gasteiger partial charge in [-0.1, -0.05) is 35.3 Å². The van der Waals surface area contributed by atoms with Crippen LogP contribution < -0.4 is 10.6 Å². The smallest absolute Gasteiger partial charge is 0.235 e. The minimum absolute atomic E-state index is 0.329. The minimum Gasteiger partial charge on any atom is -0.355 e. The Morgan fingerprint density at radius 1 is 1.23 bits per heavy atom. The molecule has 0 radical (unpaired) electrons. The molecular formula is C16H20Cl2N2O2. The van der Waals surface area contributed by atoms with Gasteiger partial charge < -0.3 is 10.6 Å². The second kappa shape index (κ2) is 8.20. The average molecular weight is 343 g/mol. The zero-order chi connectivity index (χ0) is 16.8. The molecule has 0 aliphatic heterocycles. The molecule has 6 heteroatoms. The number of hydrogen-bond donors (Lipinski definition) is 2. The molecule has 0 unspecified atom stereocenters. The Morgan fingerprint density at radius 3 is 2.45 bits per heavy atom. The SMILES string of the molecule is C=CCNC(=O)C(C)(C)C(=O)NCCc1ccc(Cl)cc1Cl. The van der Waals surface area contributed by atoms with Crippen LogP contribution in [-0.2, 0) is 16.0 Å². The third kappa shape index (κ3) is 5.04. The van der Waals surface area contributed by atoms with Crippen molar-refractivity contribution < 1.29 is 9.59 Å². The lowest BCUT2D eigenvalue weighted by Gasteiger charge is -2.22. The van der Waals surface area contributed by atoms with Gasteiger partial charge in [0.15, 0.2) is 0 Å². The van der Waals surface area contributed by atoms with Crippen molar-refractivity contribution in [2.24, 2.45) is 5.41 Å². The van der Waals surface area contributed by atoms with Gasteiger partial charge in [0.05, 0.1) is 0 Å². The fourth-order valence-corrected chi connectivity index (χ4v) is 2.25. The van der Waals surface area contributed by atoms with Crippen LogP contribution in [0.4, 0.5) is 0 Å². The van der Waals surface area contributed by atoms with Gasteiger partial charge in [0.25, 0.3) is 0 Å². The second-order valence-corrected chi connectivity index (χ2v) is 6.21. The van der Waals surface area contributed by atoms with Crippen molar-refractivity contribution in [1.82, 2.24) is 10.6 Å². The Balaban J connectivity index is 2.54. The molecule has 2 N–H and O–H groups in total. The minimum atomic E-state index is -1.15. The predicted octanol–water partition coefficient (Wildman–Crippen LogP) is 2.98. The third-order valence-corrected chi connectivity index (χ3v) is 3.82. The van der Waals surface area contributed by atoms with E-state index in [1.807, 2.05) is 6.07 Å². The molecular weight excluding hydrogens is 323 g/mol. The van der Waals surface area contributed by atoms with E-state index in [0.717, 1.165) is 5.56 Å². The number of benzene rings is 1. The quantitative estimate of drug-likeness (QED) is 0.591. The van der Waals surface area contributed by atoms with Crippen LogP contribution in [0.2, 0.25) is 10.0 Å². The highest BCUT2D eigenvalue weighted by Crippen LogP contribution is 2.21. The van der Waals surface area contributed by atoms with Crippen LogP contribution >= 0.6 is 23.2 Å². The number of hydrogen-bond acceptors (Lipinski definition) is 2. The summed E-state index contributed by atoms with van der Waals surface area (Å²) in [6, 6.07) is 5.23. The Kier molecular flexibility index (Phi) is 6.91. The highest BCUT2D eigenvalue weighted by Gasteiger charge is 2.35. The molecule has 0 bridgehead atoms. The maximum atomic E-state index is 12.1. The molecule has 0 aliphatic carbocycles. The van der Waals surface area contributed by atoms with E-state index in [-0.39, 0.29) is 11.8 Å². The Morgan fingerprint density at radius 2 is 1.86 bits per heavy atom. The fourth-order valence-electron chi connectivity index (χ4n) is 1.75. The lowest BCUT2D eigenvalue weighted by molar-refractivity contribution is -0.141. The molecule has 22 heavy (non-hydrogen) atoms. The first-order valence-corrected chi connectivity index (χ1v) is 7.66. The summed E-state index contributed by atoms with van der Waals surface area (Å²) in [6.45, 7) is 7.40. The van der Waals surface area contributed by atoms with Crippen molar-refractivity contribution in [1.29, 1.82) is 0 Å². The molecule has 4 nitrogen and oxygen atoms in total. The highest BCUT2D eigenvalue weighted by atomic mass is 35.5. The van der Waals surface area contributed by atoms with Crippen LogP contribution in [0.5, 0.6) is 0 Å². The molecule has 0 atom stereocenters. The van der Waals surface area contributed by atoms with Gasteiger partial charge in [-0.2, -0.15) is 0 Å². The summed E-state index contributed by atoms with van der Waals surface area (Å²) in [5.74, 6) is -0.673. The molecule has 2 amide bonds. The lowest BCUT2D eigenvalue weighted by atomic mass is 9.91. The van der Waals surface area contributed by atoms with Gasteiger partial charge in [-0.05, 0) is 38.0 Å². The Hall–Kier alpha value is -1.52. The van der Waals surface area contributed by atoms with Crippen molar-refractivity contribution in [2.75, 3.05) is 13.1 Å². The number of nitrogens with one attached hydrogen (secondary N) is 2. The van der Waals surface area contributed by atoms with E-state index < -0.39 is 5.41 Å². The van der Waals surface area contributed by atoms with E-state index in [1.54, 1.807) is 32.1 Å². The fraction of sp³-hybridized carbons (Fsp3) is 0.375. The van der Waals surface area contributed by atoms with E-state index in [2.05, 4.69) is 17.2 Å². The van der Waals surface area contributed by atoms with Crippen molar-refractivity contribution in [3.05, 3.63) is 46.5 Å². The van der Waals surface area contributed by atoms with Gasteiger partial charge in [0, 0.05) is 23.1 Å². The van der Waals surface area contributed by atoms with E-state index in [1.165, 1.54) is 0 Å². The standard InChI is InChI=1S/C16H20Cl2N2O2/c1-4-8-19-14(21)16(2,3)15(22)20-9-7-11-5-6-12(17)10-13(11)18/h4-6,10H,1,7-9H2,2-3H3,(H,19,21)(H,20,22). The number of rotatable bonds is 7. The normalized spacial score (nSPS) is 10.9. The summed E-state index contributed by atoms with van der Waals surface area (Å²) in [4.78, 5) is 24.1. The van der Waals surface area contributed by atoms with Gasteiger partial charge >= 0.3 is 0 Å². The van der Waals surface area contributed by atoms with Crippen LogP contribution in [0.25, 0.3) is 0 Å². The number of amides is 2. The first-order chi connectivity index (χ1) is 10.3. The van der Waals surface area contributed by atoms with Gasteiger partial charge in [-0.25, -0.2) is 0 Å². The van der Waals surface area contributed by atoms with Gasteiger partial charge in [-0.3, -0.25) is 9.59 Å². The number of carbonyl (C=O) groups excluding carboxylic acids is 2. The summed E-state index contributed by atoms with van der Waals surface area (Å²) in [6.07, 6.45) is 2.13. The van der Waals surface area contributed by atoms with Gasteiger partial charge in [-0.15, -0.1) is 6.58 Å². The number of carbonyl (C=O) groups is 2. The molecule has 0 aromatic heterocycles. The molecule has 0 fully saturated rings. The molecule has 0 saturated carbocycles. The largest absolute Gasteiger partial charge is 0.355 e. The van der Waals surface area contributed by atoms with E-state index in [0.29, 0.717) is 29.6 Å². The summed E-state index contributed by atoms with van der Waals surface area (Å²) in [7, 11) is 0. The molecule has 0 aliphatic rings. The third-order valence-electron chi connectivity index (χ3n) is 3.24. The maximum absolute atomic E-state index is 12.1. The summed E-state index contributed by atoms with van der Waals surface area (Å²) >= 11 is 11.9. The molecule has 1 rings (SSSR count). The van der Waals surface area contributed by atoms with Crippen molar-refractivity contribution in [3.63, 3.8) is 0 Å². The van der Waals surface area contributed by atoms with Gasteiger partial charge in [0.1, 0.15) is 5.41 Å². The van der Waals surface area contributed by atoms with E-state index in [9.17, 15) is 9.59 Å². The van der Waals surface area contributed by atoms with E-state index in [4.69, 9.17) is 23.2 Å². The van der Waals surface area contributed by atoms with Crippen LogP contribution in [0, 0.1) is 5.41 Å². The lowest BCUT2D eigenvalue weighted by Crippen LogP contribution is -2.48. The number of halogens is 2. The summed E-state index contributed by atoms with van der Waals surface area (Å²) in [5.41, 5.74) is -0.257. The summed E-state index contributed by atoms with van der Waals surface area (Å²) in [5, 5.41) is 6.50. The first kappa shape index (κ1) is 18.5. The molecule has 0 heterocycles. The molecule has 0 saturated heterocycles. The average Bonchev–Trinajstić information content (AvgIpc) is 2.46.